The number of anilines is 2. The van der Waals surface area contributed by atoms with Gasteiger partial charge >= 0.3 is 0 Å². The number of nitrogens with zero attached hydrogens (tertiary/aromatic N) is 1. The molecule has 0 saturated carbocycles. The molecule has 6 nitrogen and oxygen atoms in total. The van der Waals surface area contributed by atoms with Crippen LogP contribution in [0.25, 0.3) is 0 Å². The average molecular weight is 357 g/mol. The summed E-state index contributed by atoms with van der Waals surface area (Å²) >= 11 is 1.58. The molecule has 1 aliphatic carbocycles. The molecule has 1 atom stereocenters. The van der Waals surface area contributed by atoms with Crippen molar-refractivity contribution in [3.05, 3.63) is 34.3 Å². The summed E-state index contributed by atoms with van der Waals surface area (Å²) in [7, 11) is 0. The van der Waals surface area contributed by atoms with E-state index in [1.54, 1.807) is 29.5 Å². The molecule has 2 amide bonds. The number of nitrogens with one attached hydrogen (secondary N) is 2. The maximum Gasteiger partial charge on any atom is 0.262 e. The van der Waals surface area contributed by atoms with Crippen molar-refractivity contribution in [2.45, 2.75) is 32.6 Å². The van der Waals surface area contributed by atoms with Gasteiger partial charge in [0.05, 0.1) is 11.4 Å². The van der Waals surface area contributed by atoms with Crippen LogP contribution in [0, 0.1) is 5.92 Å². The van der Waals surface area contributed by atoms with E-state index in [4.69, 9.17) is 4.74 Å². The Hall–Kier alpha value is -2.41. The normalized spacial score (nSPS) is 18.6. The van der Waals surface area contributed by atoms with E-state index in [2.05, 4.69) is 22.5 Å². The first-order chi connectivity index (χ1) is 12.1. The lowest BCUT2D eigenvalue weighted by Gasteiger charge is -2.18. The van der Waals surface area contributed by atoms with E-state index >= 15 is 0 Å². The van der Waals surface area contributed by atoms with E-state index in [0.29, 0.717) is 22.1 Å². The molecule has 1 aliphatic heterocycles. The van der Waals surface area contributed by atoms with Crippen LogP contribution in [-0.4, -0.2) is 23.4 Å². The maximum absolute atomic E-state index is 12.5. The van der Waals surface area contributed by atoms with Crippen molar-refractivity contribution in [3.8, 4) is 5.75 Å². The minimum atomic E-state index is -0.221. The molecule has 25 heavy (non-hydrogen) atoms. The fraction of sp³-hybridized carbons (Fsp3) is 0.389. The minimum absolute atomic E-state index is 0.0319. The number of hydrogen-bond acceptors (Lipinski definition) is 5. The van der Waals surface area contributed by atoms with Gasteiger partial charge in [-0.2, -0.15) is 0 Å². The molecule has 0 fully saturated rings. The van der Waals surface area contributed by atoms with E-state index in [0.717, 1.165) is 24.5 Å². The monoisotopic (exact) mass is 357 g/mol. The van der Waals surface area contributed by atoms with Gasteiger partial charge < -0.3 is 10.1 Å². The topological polar surface area (TPSA) is 80.3 Å². The lowest BCUT2D eigenvalue weighted by molar-refractivity contribution is -0.118. The second kappa shape index (κ2) is 6.48. The molecule has 4 rings (SSSR count). The van der Waals surface area contributed by atoms with E-state index in [1.165, 1.54) is 17.7 Å². The van der Waals surface area contributed by atoms with Gasteiger partial charge in [0.1, 0.15) is 5.75 Å². The largest absolute Gasteiger partial charge is 0.482 e. The minimum Gasteiger partial charge on any atom is -0.482 e. The fourth-order valence-electron chi connectivity index (χ4n) is 3.23. The smallest absolute Gasteiger partial charge is 0.262 e. The molecule has 0 radical (unpaired) electrons. The maximum atomic E-state index is 12.5. The van der Waals surface area contributed by atoms with Gasteiger partial charge in [0.25, 0.3) is 11.8 Å². The number of carbonyl (C=O) groups is 2. The Kier molecular flexibility index (Phi) is 4.17. The van der Waals surface area contributed by atoms with Gasteiger partial charge in [-0.25, -0.2) is 4.98 Å². The Balaban J connectivity index is 1.49. The van der Waals surface area contributed by atoms with Crippen LogP contribution in [0.4, 0.5) is 10.8 Å². The lowest BCUT2D eigenvalue weighted by atomic mass is 9.89. The number of rotatable bonds is 3. The van der Waals surface area contributed by atoms with Gasteiger partial charge in [-0.05, 0) is 43.4 Å². The molecule has 1 aromatic heterocycles. The number of fused-ring (bicyclic) bond motifs is 2. The molecule has 0 bridgehead atoms. The summed E-state index contributed by atoms with van der Waals surface area (Å²) in [5.41, 5.74) is 2.19. The van der Waals surface area contributed by atoms with E-state index in [-0.39, 0.29) is 18.4 Å². The number of hydrogen-bond donors (Lipinski definition) is 2. The molecule has 0 spiro atoms. The molecular weight excluding hydrogens is 338 g/mol. The van der Waals surface area contributed by atoms with Crippen molar-refractivity contribution in [2.24, 2.45) is 5.92 Å². The summed E-state index contributed by atoms with van der Waals surface area (Å²) in [6, 6.07) is 4.99. The number of benzene rings is 1. The fourth-order valence-corrected chi connectivity index (χ4v) is 4.35. The molecule has 2 aliphatic rings. The van der Waals surface area contributed by atoms with Gasteiger partial charge in [-0.15, -0.1) is 11.3 Å². The van der Waals surface area contributed by atoms with Gasteiger partial charge in [0.15, 0.2) is 11.7 Å². The molecule has 7 heteroatoms. The molecule has 130 valence electrons. The summed E-state index contributed by atoms with van der Waals surface area (Å²) < 4.78 is 5.36. The van der Waals surface area contributed by atoms with Crippen molar-refractivity contribution in [1.82, 2.24) is 4.98 Å². The first-order valence-electron chi connectivity index (χ1n) is 8.49. The predicted octanol–water partition coefficient (Wildman–Crippen LogP) is 3.24. The second-order valence-electron chi connectivity index (χ2n) is 6.41. The summed E-state index contributed by atoms with van der Waals surface area (Å²) in [5.74, 6) is 0.825. The van der Waals surface area contributed by atoms with E-state index in [1.807, 2.05) is 0 Å². The van der Waals surface area contributed by atoms with Gasteiger partial charge in [0.2, 0.25) is 0 Å². The number of carbonyl (C=O) groups excluding carboxylic acids is 2. The van der Waals surface area contributed by atoms with Crippen LogP contribution in [0.15, 0.2) is 18.2 Å². The Bertz CT molecular complexity index is 846. The van der Waals surface area contributed by atoms with Gasteiger partial charge in [-0.1, -0.05) is 13.3 Å². The SMILES string of the molecule is CCC1CCc2nc(NC(=O)c3ccc4c(c3)OCC(=O)N4)sc2C1. The Morgan fingerprint density at radius 2 is 2.36 bits per heavy atom. The average Bonchev–Trinajstić information content (AvgIpc) is 3.02. The molecule has 2 aromatic rings. The highest BCUT2D eigenvalue weighted by Crippen LogP contribution is 2.34. The van der Waals surface area contributed by atoms with Crippen LogP contribution in [0.1, 0.15) is 40.7 Å². The molecule has 0 saturated heterocycles. The third-order valence-corrected chi connectivity index (χ3v) is 5.75. The highest BCUT2D eigenvalue weighted by atomic mass is 32.1. The second-order valence-corrected chi connectivity index (χ2v) is 7.49. The van der Waals surface area contributed by atoms with Crippen LogP contribution in [0.5, 0.6) is 5.75 Å². The van der Waals surface area contributed by atoms with Crippen LogP contribution >= 0.6 is 11.3 Å². The standard InChI is InChI=1S/C18H19N3O3S/c1-2-10-3-5-13-15(7-10)25-18(20-13)21-17(23)11-4-6-12-14(8-11)24-9-16(22)19-12/h4,6,8,10H,2-3,5,7,9H2,1H3,(H,19,22)(H,20,21,23). The quantitative estimate of drug-likeness (QED) is 0.884. The zero-order chi connectivity index (χ0) is 17.4. The molecule has 2 N–H and O–H groups in total. The number of amides is 2. The summed E-state index contributed by atoms with van der Waals surface area (Å²) in [6.45, 7) is 2.19. The van der Waals surface area contributed by atoms with Gasteiger partial charge in [0, 0.05) is 10.4 Å². The molecule has 2 heterocycles. The third kappa shape index (κ3) is 3.24. The summed E-state index contributed by atoms with van der Waals surface area (Å²) in [5, 5.41) is 6.25. The third-order valence-electron chi connectivity index (χ3n) is 4.72. The summed E-state index contributed by atoms with van der Waals surface area (Å²) in [4.78, 5) is 29.7. The highest BCUT2D eigenvalue weighted by molar-refractivity contribution is 7.15. The first kappa shape index (κ1) is 16.1. The zero-order valence-electron chi connectivity index (χ0n) is 13.9. The van der Waals surface area contributed by atoms with Crippen LogP contribution < -0.4 is 15.4 Å². The Morgan fingerprint density at radius 3 is 3.20 bits per heavy atom. The zero-order valence-corrected chi connectivity index (χ0v) is 14.7. The van der Waals surface area contributed by atoms with Crippen molar-refractivity contribution in [3.63, 3.8) is 0 Å². The van der Waals surface area contributed by atoms with E-state index < -0.39 is 0 Å². The number of thiazole rings is 1. The first-order valence-corrected chi connectivity index (χ1v) is 9.30. The van der Waals surface area contributed by atoms with E-state index in [9.17, 15) is 9.59 Å². The van der Waals surface area contributed by atoms with Crippen molar-refractivity contribution in [2.75, 3.05) is 17.2 Å². The summed E-state index contributed by atoms with van der Waals surface area (Å²) in [6.07, 6.45) is 4.41. The van der Waals surface area contributed by atoms with Crippen molar-refractivity contribution >= 4 is 34.0 Å². The van der Waals surface area contributed by atoms with Crippen molar-refractivity contribution < 1.29 is 14.3 Å². The van der Waals surface area contributed by atoms with Crippen LogP contribution in [-0.2, 0) is 17.6 Å². The number of aryl methyl sites for hydroxylation is 1. The molecule has 1 aromatic carbocycles. The molecular formula is C18H19N3O3S. The molecule has 1 unspecified atom stereocenters. The predicted molar refractivity (Wildman–Crippen MR) is 96.4 cm³/mol. The Morgan fingerprint density at radius 1 is 1.48 bits per heavy atom. The number of ether oxygens (including phenoxy) is 1. The van der Waals surface area contributed by atoms with Crippen molar-refractivity contribution in [1.29, 1.82) is 0 Å². The highest BCUT2D eigenvalue weighted by Gasteiger charge is 2.23. The number of aromatic nitrogens is 1. The van der Waals surface area contributed by atoms with Gasteiger partial charge in [-0.3, -0.25) is 14.9 Å². The van der Waals surface area contributed by atoms with Crippen LogP contribution in [0.3, 0.4) is 0 Å². The van der Waals surface area contributed by atoms with Crippen LogP contribution in [0.2, 0.25) is 0 Å². The Labute approximate surface area is 149 Å². The lowest BCUT2D eigenvalue weighted by Crippen LogP contribution is -2.25.